The van der Waals surface area contributed by atoms with Crippen molar-refractivity contribution in [2.75, 3.05) is 72.2 Å². The number of rotatable bonds is 6. The van der Waals surface area contributed by atoms with Crippen LogP contribution in [-0.4, -0.2) is 105 Å². The minimum atomic E-state index is -0.506. The first-order chi connectivity index (χ1) is 12.1. The lowest BCUT2D eigenvalue weighted by Crippen LogP contribution is -2.53. The van der Waals surface area contributed by atoms with Crippen LogP contribution in [0, 0.1) is 0 Å². The molecule has 2 fully saturated rings. The third-order valence-electron chi connectivity index (χ3n) is 4.33. The minimum absolute atomic E-state index is 0.0166. The van der Waals surface area contributed by atoms with E-state index in [9.17, 15) is 14.4 Å². The lowest BCUT2D eigenvalue weighted by atomic mass is 10.2. The predicted octanol–water partition coefficient (Wildman–Crippen LogP) is -0.874. The number of piperazine rings is 1. The van der Waals surface area contributed by atoms with Crippen LogP contribution in [0.5, 0.6) is 0 Å². The van der Waals surface area contributed by atoms with Crippen molar-refractivity contribution in [1.29, 1.82) is 0 Å². The Labute approximate surface area is 148 Å². The van der Waals surface area contributed by atoms with E-state index < -0.39 is 6.09 Å². The molecule has 2 aliphatic rings. The van der Waals surface area contributed by atoms with Crippen LogP contribution in [0.2, 0.25) is 0 Å². The number of alkyl carbamates (subject to hydrolysis) is 1. The fraction of sp³-hybridized carbons (Fsp3) is 0.812. The number of carbonyl (C=O) groups excluding carboxylic acids is 3. The third kappa shape index (κ3) is 6.50. The molecule has 2 heterocycles. The highest BCUT2D eigenvalue weighted by Crippen LogP contribution is 2.06. The molecule has 1 N–H and O–H groups in total. The predicted molar refractivity (Wildman–Crippen MR) is 90.1 cm³/mol. The second-order valence-electron chi connectivity index (χ2n) is 6.05. The summed E-state index contributed by atoms with van der Waals surface area (Å²) >= 11 is 0. The summed E-state index contributed by atoms with van der Waals surface area (Å²) in [7, 11) is 0. The topological polar surface area (TPSA) is 91.4 Å². The number of hydrogen-bond donors (Lipinski definition) is 1. The Kier molecular flexibility index (Phi) is 7.93. The number of ether oxygens (including phenoxy) is 2. The molecule has 2 aliphatic heterocycles. The smallest absolute Gasteiger partial charge is 0.407 e. The van der Waals surface area contributed by atoms with Gasteiger partial charge in [0.2, 0.25) is 11.8 Å². The standard InChI is InChI=1S/C16H28N4O5/c1-2-25-16(23)17-4-3-14(21)19-5-7-20(8-6-19)15(22)13-18-9-11-24-12-10-18/h2-13H2,1H3,(H,17,23). The molecule has 25 heavy (non-hydrogen) atoms. The second-order valence-corrected chi connectivity index (χ2v) is 6.05. The highest BCUT2D eigenvalue weighted by Gasteiger charge is 2.25. The Morgan fingerprint density at radius 2 is 1.56 bits per heavy atom. The molecule has 0 unspecified atom stereocenters. The SMILES string of the molecule is CCOC(=O)NCCC(=O)N1CCN(C(=O)CN2CCOCC2)CC1. The summed E-state index contributed by atoms with van der Waals surface area (Å²) in [4.78, 5) is 41.3. The van der Waals surface area contributed by atoms with Crippen molar-refractivity contribution in [3.05, 3.63) is 0 Å². The van der Waals surface area contributed by atoms with Gasteiger partial charge >= 0.3 is 6.09 Å². The monoisotopic (exact) mass is 356 g/mol. The molecule has 3 amide bonds. The maximum atomic E-state index is 12.3. The van der Waals surface area contributed by atoms with Crippen LogP contribution >= 0.6 is 0 Å². The molecule has 2 rings (SSSR count). The van der Waals surface area contributed by atoms with Gasteiger partial charge in [0.1, 0.15) is 0 Å². The summed E-state index contributed by atoms with van der Waals surface area (Å²) in [6.07, 6.45) is -0.269. The van der Waals surface area contributed by atoms with Crippen molar-refractivity contribution in [2.45, 2.75) is 13.3 Å². The maximum Gasteiger partial charge on any atom is 0.407 e. The Morgan fingerprint density at radius 3 is 2.16 bits per heavy atom. The van der Waals surface area contributed by atoms with E-state index in [1.807, 2.05) is 4.90 Å². The van der Waals surface area contributed by atoms with E-state index in [0.717, 1.165) is 13.1 Å². The highest BCUT2D eigenvalue weighted by molar-refractivity contribution is 5.80. The summed E-state index contributed by atoms with van der Waals surface area (Å²) in [5.74, 6) is 0.0926. The fourth-order valence-electron chi connectivity index (χ4n) is 2.87. The Hall–Kier alpha value is -1.87. The fourth-order valence-corrected chi connectivity index (χ4v) is 2.87. The molecule has 0 aromatic rings. The van der Waals surface area contributed by atoms with E-state index in [1.165, 1.54) is 0 Å². The zero-order valence-electron chi connectivity index (χ0n) is 14.9. The van der Waals surface area contributed by atoms with Gasteiger partial charge in [-0.15, -0.1) is 0 Å². The van der Waals surface area contributed by atoms with E-state index in [1.54, 1.807) is 11.8 Å². The van der Waals surface area contributed by atoms with Crippen molar-refractivity contribution < 1.29 is 23.9 Å². The zero-order valence-corrected chi connectivity index (χ0v) is 14.9. The first kappa shape index (κ1) is 19.5. The van der Waals surface area contributed by atoms with Crippen LogP contribution in [0.15, 0.2) is 0 Å². The van der Waals surface area contributed by atoms with E-state index in [-0.39, 0.29) is 24.8 Å². The van der Waals surface area contributed by atoms with Gasteiger partial charge in [-0.25, -0.2) is 4.79 Å². The number of hydrogen-bond acceptors (Lipinski definition) is 6. The molecule has 0 spiro atoms. The lowest BCUT2D eigenvalue weighted by Gasteiger charge is -2.36. The Morgan fingerprint density at radius 1 is 0.960 bits per heavy atom. The van der Waals surface area contributed by atoms with Crippen molar-refractivity contribution in [3.63, 3.8) is 0 Å². The zero-order chi connectivity index (χ0) is 18.1. The van der Waals surface area contributed by atoms with Gasteiger partial charge in [0.05, 0.1) is 26.4 Å². The van der Waals surface area contributed by atoms with Crippen molar-refractivity contribution in [2.24, 2.45) is 0 Å². The molecule has 0 saturated carbocycles. The Bertz CT molecular complexity index is 459. The van der Waals surface area contributed by atoms with Crippen LogP contribution in [0.3, 0.4) is 0 Å². The summed E-state index contributed by atoms with van der Waals surface area (Å²) in [5, 5.41) is 2.54. The molecule has 0 atom stereocenters. The molecule has 9 nitrogen and oxygen atoms in total. The maximum absolute atomic E-state index is 12.3. The van der Waals surface area contributed by atoms with E-state index in [0.29, 0.717) is 52.5 Å². The lowest BCUT2D eigenvalue weighted by molar-refractivity contribution is -0.140. The molecule has 0 radical (unpaired) electrons. The molecule has 2 saturated heterocycles. The van der Waals surface area contributed by atoms with Gasteiger partial charge in [-0.05, 0) is 6.92 Å². The van der Waals surface area contributed by atoms with Crippen molar-refractivity contribution in [1.82, 2.24) is 20.0 Å². The van der Waals surface area contributed by atoms with Gasteiger partial charge in [0.25, 0.3) is 0 Å². The molecule has 9 heteroatoms. The number of morpholine rings is 1. The second kappa shape index (κ2) is 10.2. The number of carbonyl (C=O) groups is 3. The van der Waals surface area contributed by atoms with Crippen LogP contribution in [-0.2, 0) is 19.1 Å². The average molecular weight is 356 g/mol. The van der Waals surface area contributed by atoms with E-state index in [2.05, 4.69) is 10.2 Å². The highest BCUT2D eigenvalue weighted by atomic mass is 16.5. The average Bonchev–Trinajstić information content (AvgIpc) is 2.63. The first-order valence-electron chi connectivity index (χ1n) is 8.86. The molecule has 0 aromatic carbocycles. The normalized spacial score (nSPS) is 18.8. The number of amides is 3. The van der Waals surface area contributed by atoms with Crippen LogP contribution in [0.1, 0.15) is 13.3 Å². The number of nitrogens with one attached hydrogen (secondary N) is 1. The van der Waals surface area contributed by atoms with Crippen LogP contribution in [0.25, 0.3) is 0 Å². The Balaban J connectivity index is 1.63. The van der Waals surface area contributed by atoms with Crippen molar-refractivity contribution in [3.8, 4) is 0 Å². The van der Waals surface area contributed by atoms with Gasteiger partial charge in [0, 0.05) is 52.2 Å². The summed E-state index contributed by atoms with van der Waals surface area (Å²) in [6.45, 7) is 7.82. The van der Waals surface area contributed by atoms with Gasteiger partial charge in [-0.3, -0.25) is 14.5 Å². The van der Waals surface area contributed by atoms with Crippen molar-refractivity contribution >= 4 is 17.9 Å². The largest absolute Gasteiger partial charge is 0.450 e. The van der Waals surface area contributed by atoms with E-state index in [4.69, 9.17) is 9.47 Å². The first-order valence-corrected chi connectivity index (χ1v) is 8.86. The molecule has 0 aliphatic carbocycles. The van der Waals surface area contributed by atoms with Crippen LogP contribution in [0.4, 0.5) is 4.79 Å². The molecule has 0 aromatic heterocycles. The molecular weight excluding hydrogens is 328 g/mol. The summed E-state index contributed by atoms with van der Waals surface area (Å²) in [6, 6.07) is 0. The van der Waals surface area contributed by atoms with Gasteiger partial charge in [-0.1, -0.05) is 0 Å². The molecule has 142 valence electrons. The summed E-state index contributed by atoms with van der Waals surface area (Å²) in [5.41, 5.74) is 0. The van der Waals surface area contributed by atoms with Crippen LogP contribution < -0.4 is 5.32 Å². The third-order valence-corrected chi connectivity index (χ3v) is 4.33. The minimum Gasteiger partial charge on any atom is -0.450 e. The molecular formula is C16H28N4O5. The number of nitrogens with zero attached hydrogens (tertiary/aromatic N) is 3. The molecule has 0 bridgehead atoms. The van der Waals surface area contributed by atoms with Gasteiger partial charge < -0.3 is 24.6 Å². The van der Waals surface area contributed by atoms with Gasteiger partial charge in [-0.2, -0.15) is 0 Å². The van der Waals surface area contributed by atoms with Gasteiger partial charge in [0.15, 0.2) is 0 Å². The van der Waals surface area contributed by atoms with E-state index >= 15 is 0 Å². The summed E-state index contributed by atoms with van der Waals surface area (Å²) < 4.78 is 10.0. The quantitative estimate of drug-likeness (QED) is 0.665.